The van der Waals surface area contributed by atoms with Crippen LogP contribution in [0, 0.1) is 23.2 Å². The van der Waals surface area contributed by atoms with E-state index >= 15 is 0 Å². The molecule has 2 aromatic carbocycles. The molecule has 4 bridgehead atoms. The van der Waals surface area contributed by atoms with Gasteiger partial charge in [-0.15, -0.1) is 0 Å². The number of hydrogen-bond acceptors (Lipinski definition) is 2. The standard InChI is InChI=1S/C26H28N2O2/c29-24-13-25(30)28(21-6-2-1-3-7-21)23-9-5-4-8-22(23)27(24)17-26-14-18-10-19(15-26)12-20(11-18)16-26/h1-9,18-20H,10-17H2. The molecule has 4 saturated carbocycles. The molecule has 2 amide bonds. The maximum Gasteiger partial charge on any atom is 0.241 e. The van der Waals surface area contributed by atoms with Crippen molar-refractivity contribution in [2.24, 2.45) is 23.2 Å². The second kappa shape index (κ2) is 6.69. The average molecular weight is 401 g/mol. The molecule has 4 fully saturated rings. The van der Waals surface area contributed by atoms with Crippen molar-refractivity contribution in [1.82, 2.24) is 0 Å². The fraction of sp³-hybridized carbons (Fsp3) is 0.462. The number of fused-ring (bicyclic) bond motifs is 1. The number of anilines is 3. The number of benzene rings is 2. The summed E-state index contributed by atoms with van der Waals surface area (Å²) in [6.45, 7) is 0.766. The van der Waals surface area contributed by atoms with Gasteiger partial charge in [0.05, 0.1) is 11.4 Å². The maximum absolute atomic E-state index is 13.4. The summed E-state index contributed by atoms with van der Waals surface area (Å²) in [5.41, 5.74) is 2.76. The van der Waals surface area contributed by atoms with Crippen molar-refractivity contribution in [2.45, 2.75) is 44.9 Å². The van der Waals surface area contributed by atoms with E-state index in [1.165, 1.54) is 38.5 Å². The Labute approximate surface area is 177 Å². The first-order valence-electron chi connectivity index (χ1n) is 11.4. The molecule has 1 heterocycles. The van der Waals surface area contributed by atoms with E-state index in [4.69, 9.17) is 0 Å². The molecular formula is C26H28N2O2. The SMILES string of the molecule is O=C1CC(=O)N(c2ccccc2)c2ccccc2N1CC12CC3CC(CC(C3)C1)C2. The summed E-state index contributed by atoms with van der Waals surface area (Å²) < 4.78 is 0. The van der Waals surface area contributed by atoms with E-state index in [0.717, 1.165) is 41.4 Å². The first-order chi connectivity index (χ1) is 14.6. The summed E-state index contributed by atoms with van der Waals surface area (Å²) in [7, 11) is 0. The van der Waals surface area contributed by atoms with Crippen molar-refractivity contribution in [3.63, 3.8) is 0 Å². The number of hydrogen-bond donors (Lipinski definition) is 0. The van der Waals surface area contributed by atoms with Gasteiger partial charge in [-0.05, 0) is 86.0 Å². The van der Waals surface area contributed by atoms with Crippen LogP contribution in [0.1, 0.15) is 44.9 Å². The van der Waals surface area contributed by atoms with Gasteiger partial charge in [-0.1, -0.05) is 30.3 Å². The number of amides is 2. The first-order valence-corrected chi connectivity index (χ1v) is 11.4. The number of para-hydroxylation sites is 3. The molecule has 0 aromatic heterocycles. The smallest absolute Gasteiger partial charge is 0.241 e. The van der Waals surface area contributed by atoms with E-state index in [2.05, 4.69) is 0 Å². The van der Waals surface area contributed by atoms with E-state index in [1.54, 1.807) is 4.90 Å². The first kappa shape index (κ1) is 18.2. The van der Waals surface area contributed by atoms with Crippen LogP contribution < -0.4 is 9.80 Å². The van der Waals surface area contributed by atoms with Gasteiger partial charge < -0.3 is 4.90 Å². The van der Waals surface area contributed by atoms with Gasteiger partial charge in [0.2, 0.25) is 11.8 Å². The molecule has 154 valence electrons. The van der Waals surface area contributed by atoms with Gasteiger partial charge >= 0.3 is 0 Å². The third kappa shape index (κ3) is 2.88. The summed E-state index contributed by atoms with van der Waals surface area (Å²) in [6, 6.07) is 17.6. The van der Waals surface area contributed by atoms with Crippen LogP contribution in [0.15, 0.2) is 54.6 Å². The maximum atomic E-state index is 13.4. The Morgan fingerprint density at radius 2 is 1.30 bits per heavy atom. The van der Waals surface area contributed by atoms with E-state index in [0.29, 0.717) is 0 Å². The quantitative estimate of drug-likeness (QED) is 0.656. The molecule has 0 N–H and O–H groups in total. The van der Waals surface area contributed by atoms with Gasteiger partial charge in [-0.2, -0.15) is 0 Å². The Hall–Kier alpha value is -2.62. The Balaban J connectivity index is 1.40. The van der Waals surface area contributed by atoms with E-state index < -0.39 is 0 Å². The number of nitrogens with zero attached hydrogens (tertiary/aromatic N) is 2. The highest BCUT2D eigenvalue weighted by Gasteiger charge is 2.52. The van der Waals surface area contributed by atoms with Crippen LogP contribution in [0.2, 0.25) is 0 Å². The Kier molecular flexibility index (Phi) is 4.06. The van der Waals surface area contributed by atoms with Gasteiger partial charge in [0.15, 0.2) is 0 Å². The van der Waals surface area contributed by atoms with Gasteiger partial charge in [0, 0.05) is 12.2 Å². The molecule has 7 rings (SSSR count). The predicted molar refractivity (Wildman–Crippen MR) is 118 cm³/mol. The molecule has 0 unspecified atom stereocenters. The lowest BCUT2D eigenvalue weighted by Gasteiger charge is -2.57. The molecule has 0 saturated heterocycles. The molecule has 0 atom stereocenters. The van der Waals surface area contributed by atoms with Crippen molar-refractivity contribution in [3.8, 4) is 0 Å². The fourth-order valence-electron chi connectivity index (χ4n) is 7.31. The van der Waals surface area contributed by atoms with Crippen LogP contribution in [0.25, 0.3) is 0 Å². The number of carbonyl (C=O) groups excluding carboxylic acids is 2. The van der Waals surface area contributed by atoms with Crippen LogP contribution in [-0.2, 0) is 9.59 Å². The third-order valence-electron chi connectivity index (χ3n) is 7.94. The molecule has 30 heavy (non-hydrogen) atoms. The zero-order valence-corrected chi connectivity index (χ0v) is 17.3. The fourth-order valence-corrected chi connectivity index (χ4v) is 7.31. The van der Waals surface area contributed by atoms with E-state index in [1.807, 2.05) is 59.5 Å². The van der Waals surface area contributed by atoms with E-state index in [-0.39, 0.29) is 23.7 Å². The Bertz CT molecular complexity index is 964. The second-order valence-electron chi connectivity index (χ2n) is 10.1. The minimum Gasteiger partial charge on any atom is -0.309 e. The molecule has 5 aliphatic rings. The zero-order chi connectivity index (χ0) is 20.3. The van der Waals surface area contributed by atoms with Crippen molar-refractivity contribution >= 4 is 28.9 Å². The van der Waals surface area contributed by atoms with Crippen LogP contribution in [0.3, 0.4) is 0 Å². The molecule has 4 heteroatoms. The van der Waals surface area contributed by atoms with Crippen molar-refractivity contribution in [2.75, 3.05) is 16.3 Å². The summed E-state index contributed by atoms with van der Waals surface area (Å²) >= 11 is 0. The van der Waals surface area contributed by atoms with E-state index in [9.17, 15) is 9.59 Å². The predicted octanol–water partition coefficient (Wildman–Crippen LogP) is 5.30. The van der Waals surface area contributed by atoms with Crippen LogP contribution in [0.4, 0.5) is 17.1 Å². The van der Waals surface area contributed by atoms with Gasteiger partial charge in [-0.25, -0.2) is 0 Å². The lowest BCUT2D eigenvalue weighted by Crippen LogP contribution is -2.52. The van der Waals surface area contributed by atoms with Gasteiger partial charge in [0.25, 0.3) is 0 Å². The molecule has 0 spiro atoms. The molecule has 4 aliphatic carbocycles. The van der Waals surface area contributed by atoms with Gasteiger partial charge in [-0.3, -0.25) is 14.5 Å². The monoisotopic (exact) mass is 400 g/mol. The Morgan fingerprint density at radius 3 is 1.93 bits per heavy atom. The summed E-state index contributed by atoms with van der Waals surface area (Å²) in [5, 5.41) is 0. The lowest BCUT2D eigenvalue weighted by atomic mass is 9.49. The van der Waals surface area contributed by atoms with Crippen LogP contribution in [-0.4, -0.2) is 18.4 Å². The normalized spacial score (nSPS) is 32.3. The summed E-state index contributed by atoms with van der Waals surface area (Å²) in [5.74, 6) is 2.33. The third-order valence-corrected chi connectivity index (χ3v) is 7.94. The molecule has 2 aromatic rings. The van der Waals surface area contributed by atoms with Crippen molar-refractivity contribution in [1.29, 1.82) is 0 Å². The Morgan fingerprint density at radius 1 is 0.733 bits per heavy atom. The highest BCUT2D eigenvalue weighted by Crippen LogP contribution is 2.60. The molecular weight excluding hydrogens is 372 g/mol. The molecule has 4 nitrogen and oxygen atoms in total. The van der Waals surface area contributed by atoms with Crippen molar-refractivity contribution < 1.29 is 9.59 Å². The minimum absolute atomic E-state index is 0.0540. The number of carbonyl (C=O) groups is 2. The highest BCUT2D eigenvalue weighted by atomic mass is 16.2. The zero-order valence-electron chi connectivity index (χ0n) is 17.3. The average Bonchev–Trinajstić information content (AvgIpc) is 2.82. The van der Waals surface area contributed by atoms with Gasteiger partial charge in [0.1, 0.15) is 6.42 Å². The summed E-state index contributed by atoms with van der Waals surface area (Å²) in [4.78, 5) is 30.2. The molecule has 1 aliphatic heterocycles. The number of rotatable bonds is 3. The highest BCUT2D eigenvalue weighted by molar-refractivity contribution is 6.18. The minimum atomic E-state index is -0.147. The largest absolute Gasteiger partial charge is 0.309 e. The van der Waals surface area contributed by atoms with Crippen LogP contribution >= 0.6 is 0 Å². The summed E-state index contributed by atoms with van der Waals surface area (Å²) in [6.07, 6.45) is 7.86. The lowest BCUT2D eigenvalue weighted by molar-refractivity contribution is -0.126. The van der Waals surface area contributed by atoms with Crippen LogP contribution in [0.5, 0.6) is 0 Å². The topological polar surface area (TPSA) is 40.6 Å². The molecule has 0 radical (unpaired) electrons. The second-order valence-corrected chi connectivity index (χ2v) is 10.1. The van der Waals surface area contributed by atoms with Crippen molar-refractivity contribution in [3.05, 3.63) is 54.6 Å².